The van der Waals surface area contributed by atoms with Crippen molar-refractivity contribution in [3.63, 3.8) is 0 Å². The summed E-state index contributed by atoms with van der Waals surface area (Å²) in [6.45, 7) is 4.61. The standard InChI is InChI=1S/C13H17I/c1-9(2)10-7-8-13(14)12-6-4-3-5-11(10)12/h7-9H,3-6H2,1-2H3. The lowest BCUT2D eigenvalue weighted by atomic mass is 9.85. The van der Waals surface area contributed by atoms with Crippen LogP contribution in [0.2, 0.25) is 0 Å². The summed E-state index contributed by atoms with van der Waals surface area (Å²) in [4.78, 5) is 0. The van der Waals surface area contributed by atoms with Crippen molar-refractivity contribution < 1.29 is 0 Å². The third-order valence-electron chi connectivity index (χ3n) is 3.14. The van der Waals surface area contributed by atoms with Crippen LogP contribution in [0.1, 0.15) is 49.3 Å². The van der Waals surface area contributed by atoms with Crippen molar-refractivity contribution in [2.75, 3.05) is 0 Å². The van der Waals surface area contributed by atoms with Crippen LogP contribution < -0.4 is 0 Å². The zero-order chi connectivity index (χ0) is 10.1. The van der Waals surface area contributed by atoms with Gasteiger partial charge in [-0.3, -0.25) is 0 Å². The lowest BCUT2D eigenvalue weighted by Crippen LogP contribution is -2.09. The first-order valence-corrected chi connectivity index (χ1v) is 6.58. The molecule has 1 aromatic carbocycles. The maximum absolute atomic E-state index is 2.48. The molecule has 0 saturated heterocycles. The van der Waals surface area contributed by atoms with E-state index < -0.39 is 0 Å². The first-order chi connectivity index (χ1) is 6.70. The maximum atomic E-state index is 2.48. The molecule has 0 atom stereocenters. The molecule has 1 aliphatic carbocycles. The van der Waals surface area contributed by atoms with E-state index >= 15 is 0 Å². The van der Waals surface area contributed by atoms with E-state index in [2.05, 4.69) is 48.6 Å². The van der Waals surface area contributed by atoms with Crippen molar-refractivity contribution in [2.24, 2.45) is 0 Å². The van der Waals surface area contributed by atoms with Crippen molar-refractivity contribution in [1.29, 1.82) is 0 Å². The minimum Gasteiger partial charge on any atom is -0.0587 e. The fourth-order valence-corrected chi connectivity index (χ4v) is 3.17. The Kier molecular flexibility index (Phi) is 3.15. The SMILES string of the molecule is CC(C)c1ccc(I)c2c1CCCC2. The molecule has 0 N–H and O–H groups in total. The van der Waals surface area contributed by atoms with Gasteiger partial charge in [-0.1, -0.05) is 19.9 Å². The summed E-state index contributed by atoms with van der Waals surface area (Å²) in [5.41, 5.74) is 4.89. The third kappa shape index (κ3) is 1.83. The molecule has 1 aromatic rings. The van der Waals surface area contributed by atoms with Gasteiger partial charge in [0.25, 0.3) is 0 Å². The highest BCUT2D eigenvalue weighted by Crippen LogP contribution is 2.31. The Morgan fingerprint density at radius 1 is 1.07 bits per heavy atom. The smallest absolute Gasteiger partial charge is 0.0165 e. The number of rotatable bonds is 1. The Labute approximate surface area is 100 Å². The number of benzene rings is 1. The molecular formula is C13H17I. The zero-order valence-electron chi connectivity index (χ0n) is 8.94. The topological polar surface area (TPSA) is 0 Å². The van der Waals surface area contributed by atoms with E-state index in [-0.39, 0.29) is 0 Å². The second-order valence-corrected chi connectivity index (χ2v) is 5.62. The summed E-state index contributed by atoms with van der Waals surface area (Å²) < 4.78 is 1.47. The van der Waals surface area contributed by atoms with Gasteiger partial charge in [-0.15, -0.1) is 0 Å². The molecule has 0 heterocycles. The van der Waals surface area contributed by atoms with E-state index in [0.29, 0.717) is 5.92 Å². The summed E-state index contributed by atoms with van der Waals surface area (Å²) in [5, 5.41) is 0. The van der Waals surface area contributed by atoms with Crippen LogP contribution in [0.15, 0.2) is 12.1 Å². The monoisotopic (exact) mass is 300 g/mol. The normalized spacial score (nSPS) is 15.7. The van der Waals surface area contributed by atoms with Crippen molar-refractivity contribution in [3.8, 4) is 0 Å². The Bertz CT molecular complexity index is 339. The minimum absolute atomic E-state index is 0.679. The van der Waals surface area contributed by atoms with Crippen LogP contribution in [0.25, 0.3) is 0 Å². The van der Waals surface area contributed by atoms with Crippen LogP contribution in [-0.4, -0.2) is 0 Å². The molecule has 0 bridgehead atoms. The Morgan fingerprint density at radius 2 is 1.71 bits per heavy atom. The molecule has 0 spiro atoms. The fourth-order valence-electron chi connectivity index (χ4n) is 2.39. The molecule has 1 heteroatoms. The first-order valence-electron chi connectivity index (χ1n) is 5.50. The van der Waals surface area contributed by atoms with Crippen LogP contribution in [-0.2, 0) is 12.8 Å². The Morgan fingerprint density at radius 3 is 2.36 bits per heavy atom. The Hall–Kier alpha value is -0.0500. The van der Waals surface area contributed by atoms with Crippen LogP contribution in [0.5, 0.6) is 0 Å². The largest absolute Gasteiger partial charge is 0.0587 e. The van der Waals surface area contributed by atoms with Crippen LogP contribution in [0.4, 0.5) is 0 Å². The molecular weight excluding hydrogens is 283 g/mol. The van der Waals surface area contributed by atoms with Gasteiger partial charge in [0, 0.05) is 3.57 Å². The quantitative estimate of drug-likeness (QED) is 0.679. The molecule has 0 radical (unpaired) electrons. The summed E-state index contributed by atoms with van der Waals surface area (Å²) in [6, 6.07) is 4.62. The second kappa shape index (κ2) is 4.21. The average Bonchev–Trinajstić information content (AvgIpc) is 2.18. The van der Waals surface area contributed by atoms with Gasteiger partial charge in [0.15, 0.2) is 0 Å². The number of fused-ring (bicyclic) bond motifs is 1. The molecule has 14 heavy (non-hydrogen) atoms. The van der Waals surface area contributed by atoms with Gasteiger partial charge in [-0.05, 0) is 76.9 Å². The molecule has 2 rings (SSSR count). The highest BCUT2D eigenvalue weighted by molar-refractivity contribution is 14.1. The van der Waals surface area contributed by atoms with Gasteiger partial charge >= 0.3 is 0 Å². The van der Waals surface area contributed by atoms with Gasteiger partial charge in [0.2, 0.25) is 0 Å². The lowest BCUT2D eigenvalue weighted by molar-refractivity contribution is 0.668. The highest BCUT2D eigenvalue weighted by Gasteiger charge is 2.16. The lowest BCUT2D eigenvalue weighted by Gasteiger charge is -2.22. The van der Waals surface area contributed by atoms with Gasteiger partial charge < -0.3 is 0 Å². The van der Waals surface area contributed by atoms with Gasteiger partial charge in [-0.25, -0.2) is 0 Å². The molecule has 0 aliphatic heterocycles. The molecule has 76 valence electrons. The predicted octanol–water partition coefficient (Wildman–Crippen LogP) is 4.29. The summed E-state index contributed by atoms with van der Waals surface area (Å²) in [6.07, 6.45) is 5.37. The number of hydrogen-bond acceptors (Lipinski definition) is 0. The van der Waals surface area contributed by atoms with Crippen LogP contribution in [0, 0.1) is 3.57 Å². The Balaban J connectivity index is 2.53. The molecule has 0 saturated carbocycles. The predicted molar refractivity (Wildman–Crippen MR) is 69.9 cm³/mol. The van der Waals surface area contributed by atoms with Gasteiger partial charge in [0.1, 0.15) is 0 Å². The molecule has 0 fully saturated rings. The molecule has 0 nitrogen and oxygen atoms in total. The maximum Gasteiger partial charge on any atom is 0.0165 e. The summed E-state index contributed by atoms with van der Waals surface area (Å²) in [7, 11) is 0. The third-order valence-corrected chi connectivity index (χ3v) is 4.15. The highest BCUT2D eigenvalue weighted by atomic mass is 127. The first kappa shape index (κ1) is 10.5. The van der Waals surface area contributed by atoms with E-state index in [4.69, 9.17) is 0 Å². The second-order valence-electron chi connectivity index (χ2n) is 4.46. The number of halogens is 1. The van der Waals surface area contributed by atoms with E-state index in [1.165, 1.54) is 29.3 Å². The van der Waals surface area contributed by atoms with Gasteiger partial charge in [-0.2, -0.15) is 0 Å². The fraction of sp³-hybridized carbons (Fsp3) is 0.538. The van der Waals surface area contributed by atoms with Gasteiger partial charge in [0.05, 0.1) is 0 Å². The molecule has 0 unspecified atom stereocenters. The van der Waals surface area contributed by atoms with Crippen LogP contribution in [0.3, 0.4) is 0 Å². The number of hydrogen-bond donors (Lipinski definition) is 0. The van der Waals surface area contributed by atoms with Crippen LogP contribution >= 0.6 is 22.6 Å². The van der Waals surface area contributed by atoms with E-state index in [1.807, 2.05) is 0 Å². The van der Waals surface area contributed by atoms with Crippen molar-refractivity contribution >= 4 is 22.6 Å². The minimum atomic E-state index is 0.679. The summed E-state index contributed by atoms with van der Waals surface area (Å²) in [5.74, 6) is 0.679. The summed E-state index contributed by atoms with van der Waals surface area (Å²) >= 11 is 2.48. The molecule has 0 amide bonds. The zero-order valence-corrected chi connectivity index (χ0v) is 11.1. The van der Waals surface area contributed by atoms with E-state index in [9.17, 15) is 0 Å². The van der Waals surface area contributed by atoms with E-state index in [0.717, 1.165) is 0 Å². The van der Waals surface area contributed by atoms with Crippen molar-refractivity contribution in [3.05, 3.63) is 32.4 Å². The van der Waals surface area contributed by atoms with Crippen molar-refractivity contribution in [1.82, 2.24) is 0 Å². The van der Waals surface area contributed by atoms with Crippen molar-refractivity contribution in [2.45, 2.75) is 45.4 Å². The molecule has 1 aliphatic rings. The molecule has 0 aromatic heterocycles. The average molecular weight is 300 g/mol. The van der Waals surface area contributed by atoms with E-state index in [1.54, 1.807) is 16.7 Å².